The van der Waals surface area contributed by atoms with Gasteiger partial charge in [-0.25, -0.2) is 18.0 Å². The SMILES string of the molecule is Cc1nnc([C@@H](C)OC(=O)c2c(F)cc(F)cc2F)o1. The maximum Gasteiger partial charge on any atom is 0.344 e. The molecule has 1 heterocycles. The summed E-state index contributed by atoms with van der Waals surface area (Å²) in [4.78, 5) is 11.7. The molecule has 0 N–H and O–H groups in total. The molecule has 1 aromatic carbocycles. The third-order valence-electron chi connectivity index (χ3n) is 2.38. The second-order valence-electron chi connectivity index (χ2n) is 3.95. The summed E-state index contributed by atoms with van der Waals surface area (Å²) in [6.45, 7) is 2.93. The van der Waals surface area contributed by atoms with E-state index in [4.69, 9.17) is 9.15 Å². The fraction of sp³-hybridized carbons (Fsp3) is 0.250. The minimum absolute atomic E-state index is 0.0150. The highest BCUT2D eigenvalue weighted by atomic mass is 19.1. The number of aryl methyl sites for hydroxylation is 1. The first kappa shape index (κ1) is 14.0. The zero-order chi connectivity index (χ0) is 14.9. The number of carbonyl (C=O) groups is 1. The molecule has 0 aliphatic rings. The second-order valence-corrected chi connectivity index (χ2v) is 3.95. The summed E-state index contributed by atoms with van der Waals surface area (Å²) in [6.07, 6.45) is -0.993. The molecule has 5 nitrogen and oxygen atoms in total. The molecule has 0 saturated heterocycles. The predicted octanol–water partition coefficient (Wildman–Crippen LogP) is 2.71. The van der Waals surface area contributed by atoms with Gasteiger partial charge in [-0.1, -0.05) is 0 Å². The van der Waals surface area contributed by atoms with E-state index in [-0.39, 0.29) is 11.8 Å². The van der Waals surface area contributed by atoms with Crippen LogP contribution in [0.25, 0.3) is 0 Å². The number of ether oxygens (including phenoxy) is 1. The van der Waals surface area contributed by atoms with Gasteiger partial charge >= 0.3 is 5.97 Å². The van der Waals surface area contributed by atoms with Crippen molar-refractivity contribution in [2.75, 3.05) is 0 Å². The van der Waals surface area contributed by atoms with Crippen LogP contribution in [0.2, 0.25) is 0 Å². The maximum atomic E-state index is 13.4. The van der Waals surface area contributed by atoms with E-state index < -0.39 is 35.1 Å². The average molecular weight is 286 g/mol. The van der Waals surface area contributed by atoms with E-state index >= 15 is 0 Å². The molecule has 20 heavy (non-hydrogen) atoms. The summed E-state index contributed by atoms with van der Waals surface area (Å²) >= 11 is 0. The molecule has 0 spiro atoms. The topological polar surface area (TPSA) is 65.2 Å². The molecule has 0 radical (unpaired) electrons. The van der Waals surface area contributed by atoms with Gasteiger partial charge in [0.05, 0.1) is 0 Å². The lowest BCUT2D eigenvalue weighted by Gasteiger charge is -2.10. The highest BCUT2D eigenvalue weighted by Crippen LogP contribution is 2.21. The van der Waals surface area contributed by atoms with Crippen LogP contribution < -0.4 is 0 Å². The molecule has 1 atom stereocenters. The Labute approximate surface area is 111 Å². The largest absolute Gasteiger partial charge is 0.449 e. The number of aromatic nitrogens is 2. The highest BCUT2D eigenvalue weighted by molar-refractivity contribution is 5.90. The van der Waals surface area contributed by atoms with Gasteiger partial charge in [0.2, 0.25) is 5.89 Å². The summed E-state index contributed by atoms with van der Waals surface area (Å²) in [5.41, 5.74) is -0.977. The molecule has 8 heteroatoms. The van der Waals surface area contributed by atoms with E-state index in [0.29, 0.717) is 12.1 Å². The van der Waals surface area contributed by atoms with Crippen LogP contribution in [-0.2, 0) is 4.74 Å². The second kappa shape index (κ2) is 5.32. The van der Waals surface area contributed by atoms with Gasteiger partial charge in [0, 0.05) is 19.1 Å². The molecule has 0 saturated carbocycles. The number of rotatable bonds is 3. The fourth-order valence-corrected chi connectivity index (χ4v) is 1.48. The van der Waals surface area contributed by atoms with Gasteiger partial charge in [0.15, 0.2) is 6.10 Å². The number of esters is 1. The van der Waals surface area contributed by atoms with Crippen LogP contribution in [0.15, 0.2) is 16.5 Å². The smallest absolute Gasteiger partial charge is 0.344 e. The van der Waals surface area contributed by atoms with Gasteiger partial charge in [-0.3, -0.25) is 0 Å². The van der Waals surface area contributed by atoms with Crippen LogP contribution in [-0.4, -0.2) is 16.2 Å². The van der Waals surface area contributed by atoms with Crippen molar-refractivity contribution in [3.05, 3.63) is 46.9 Å². The molecule has 0 amide bonds. The number of halogens is 3. The van der Waals surface area contributed by atoms with Gasteiger partial charge in [-0.15, -0.1) is 10.2 Å². The Bertz CT molecular complexity index is 634. The zero-order valence-electron chi connectivity index (χ0n) is 10.5. The third-order valence-corrected chi connectivity index (χ3v) is 2.38. The van der Waals surface area contributed by atoms with Crippen LogP contribution >= 0.6 is 0 Å². The molecule has 0 aliphatic carbocycles. The number of benzene rings is 1. The fourth-order valence-electron chi connectivity index (χ4n) is 1.48. The Morgan fingerprint density at radius 3 is 2.35 bits per heavy atom. The first-order valence-electron chi connectivity index (χ1n) is 5.54. The lowest BCUT2D eigenvalue weighted by Crippen LogP contribution is -2.13. The molecule has 0 fully saturated rings. The molecule has 0 aliphatic heterocycles. The van der Waals surface area contributed by atoms with E-state index in [0.717, 1.165) is 0 Å². The lowest BCUT2D eigenvalue weighted by atomic mass is 10.2. The molecular weight excluding hydrogens is 277 g/mol. The predicted molar refractivity (Wildman–Crippen MR) is 59.2 cm³/mol. The number of hydrogen-bond donors (Lipinski definition) is 0. The minimum atomic E-state index is -1.35. The van der Waals surface area contributed by atoms with Crippen molar-refractivity contribution in [2.45, 2.75) is 20.0 Å². The van der Waals surface area contributed by atoms with Gasteiger partial charge in [0.1, 0.15) is 23.0 Å². The van der Waals surface area contributed by atoms with Crippen LogP contribution in [0.1, 0.15) is 35.2 Å². The zero-order valence-corrected chi connectivity index (χ0v) is 10.5. The standard InChI is InChI=1S/C12H9F3N2O3/c1-5(11-17-16-6(2)20-11)19-12(18)10-8(14)3-7(13)4-9(10)15/h3-5H,1-2H3/t5-/m1/s1. The molecule has 2 rings (SSSR count). The minimum Gasteiger partial charge on any atom is -0.449 e. The van der Waals surface area contributed by atoms with Crippen molar-refractivity contribution < 1.29 is 27.1 Å². The van der Waals surface area contributed by atoms with Gasteiger partial charge in [0.25, 0.3) is 5.89 Å². The van der Waals surface area contributed by atoms with Gasteiger partial charge < -0.3 is 9.15 Å². The highest BCUT2D eigenvalue weighted by Gasteiger charge is 2.24. The molecule has 0 bridgehead atoms. The summed E-state index contributed by atoms with van der Waals surface area (Å²) < 4.78 is 49.3. The summed E-state index contributed by atoms with van der Waals surface area (Å²) in [7, 11) is 0. The van der Waals surface area contributed by atoms with Crippen LogP contribution in [0, 0.1) is 24.4 Å². The molecule has 106 valence electrons. The Morgan fingerprint density at radius 1 is 1.25 bits per heavy atom. The first-order valence-corrected chi connectivity index (χ1v) is 5.54. The van der Waals surface area contributed by atoms with E-state index in [2.05, 4.69) is 10.2 Å². The van der Waals surface area contributed by atoms with Crippen molar-refractivity contribution in [3.63, 3.8) is 0 Å². The third kappa shape index (κ3) is 2.79. The van der Waals surface area contributed by atoms with E-state index in [1.807, 2.05) is 0 Å². The summed E-state index contributed by atoms with van der Waals surface area (Å²) in [5, 5.41) is 7.14. The summed E-state index contributed by atoms with van der Waals surface area (Å²) in [5.74, 6) is -4.87. The average Bonchev–Trinajstić information content (AvgIpc) is 2.74. The Hall–Kier alpha value is -2.38. The quantitative estimate of drug-likeness (QED) is 0.812. The number of hydrogen-bond acceptors (Lipinski definition) is 5. The monoisotopic (exact) mass is 286 g/mol. The van der Waals surface area contributed by atoms with Crippen molar-refractivity contribution in [3.8, 4) is 0 Å². The van der Waals surface area contributed by atoms with E-state index in [1.165, 1.54) is 13.8 Å². The van der Waals surface area contributed by atoms with Crippen molar-refractivity contribution in [1.82, 2.24) is 10.2 Å². The van der Waals surface area contributed by atoms with Crippen LogP contribution in [0.5, 0.6) is 0 Å². The number of nitrogens with zero attached hydrogens (tertiary/aromatic N) is 2. The molecule has 1 aromatic heterocycles. The number of carbonyl (C=O) groups excluding carboxylic acids is 1. The Balaban J connectivity index is 2.20. The Kier molecular flexibility index (Phi) is 3.73. The van der Waals surface area contributed by atoms with Gasteiger partial charge in [-0.05, 0) is 6.92 Å². The normalized spacial score (nSPS) is 12.2. The van der Waals surface area contributed by atoms with Crippen LogP contribution in [0.3, 0.4) is 0 Å². The van der Waals surface area contributed by atoms with Gasteiger partial charge in [-0.2, -0.15) is 0 Å². The van der Waals surface area contributed by atoms with Crippen molar-refractivity contribution >= 4 is 5.97 Å². The molecule has 2 aromatic rings. The molecular formula is C12H9F3N2O3. The first-order chi connectivity index (χ1) is 9.38. The molecule has 0 unspecified atom stereocenters. The van der Waals surface area contributed by atoms with Crippen LogP contribution in [0.4, 0.5) is 13.2 Å². The lowest BCUT2D eigenvalue weighted by molar-refractivity contribution is 0.0266. The van der Waals surface area contributed by atoms with E-state index in [1.54, 1.807) is 0 Å². The van der Waals surface area contributed by atoms with Crippen molar-refractivity contribution in [2.24, 2.45) is 0 Å². The summed E-state index contributed by atoms with van der Waals surface area (Å²) in [6, 6.07) is 0.780. The van der Waals surface area contributed by atoms with Crippen molar-refractivity contribution in [1.29, 1.82) is 0 Å². The maximum absolute atomic E-state index is 13.4. The Morgan fingerprint density at radius 2 is 1.85 bits per heavy atom. The van der Waals surface area contributed by atoms with E-state index in [9.17, 15) is 18.0 Å².